The van der Waals surface area contributed by atoms with Gasteiger partial charge in [0.15, 0.2) is 0 Å². The van der Waals surface area contributed by atoms with E-state index in [2.05, 4.69) is 205 Å². The maximum absolute atomic E-state index is 2.46. The molecule has 10 rings (SSSR count). The van der Waals surface area contributed by atoms with E-state index in [9.17, 15) is 0 Å². The van der Waals surface area contributed by atoms with Gasteiger partial charge < -0.3 is 4.57 Å². The summed E-state index contributed by atoms with van der Waals surface area (Å²) in [6, 6.07) is 72.9. The van der Waals surface area contributed by atoms with E-state index < -0.39 is 0 Å². The van der Waals surface area contributed by atoms with Crippen molar-refractivity contribution in [2.24, 2.45) is 0 Å². The summed E-state index contributed by atoms with van der Waals surface area (Å²) < 4.78 is 2.46. The molecule has 0 bridgehead atoms. The Bertz CT molecular complexity index is 2830. The van der Waals surface area contributed by atoms with E-state index in [0.717, 1.165) is 0 Å². The Morgan fingerprint density at radius 2 is 0.706 bits per heavy atom. The first-order valence-corrected chi connectivity index (χ1v) is 17.6. The van der Waals surface area contributed by atoms with Crippen LogP contribution in [0.3, 0.4) is 0 Å². The Morgan fingerprint density at radius 1 is 0.255 bits per heavy atom. The molecule has 0 fully saturated rings. The highest BCUT2D eigenvalue weighted by molar-refractivity contribution is 6.24. The zero-order valence-corrected chi connectivity index (χ0v) is 28.0. The first-order valence-electron chi connectivity index (χ1n) is 17.6. The van der Waals surface area contributed by atoms with Crippen LogP contribution in [0.5, 0.6) is 0 Å². The van der Waals surface area contributed by atoms with Crippen molar-refractivity contribution < 1.29 is 0 Å². The van der Waals surface area contributed by atoms with Gasteiger partial charge in [0, 0.05) is 10.9 Å². The summed E-state index contributed by atoms with van der Waals surface area (Å²) in [4.78, 5) is 0. The molecule has 0 aliphatic carbocycles. The van der Waals surface area contributed by atoms with Crippen molar-refractivity contribution in [3.8, 4) is 50.5 Å². The van der Waals surface area contributed by atoms with Crippen LogP contribution in [0, 0.1) is 0 Å². The Morgan fingerprint density at radius 3 is 1.35 bits per heavy atom. The second-order valence-corrected chi connectivity index (χ2v) is 13.2. The van der Waals surface area contributed by atoms with Gasteiger partial charge in [-0.2, -0.15) is 0 Å². The minimum Gasteiger partial charge on any atom is -0.309 e. The number of nitrogens with zero attached hydrogens (tertiary/aromatic N) is 1. The minimum absolute atomic E-state index is 1.17. The summed E-state index contributed by atoms with van der Waals surface area (Å²) in [5, 5.41) is 9.99. The smallest absolute Gasteiger partial charge is 0.0541 e. The summed E-state index contributed by atoms with van der Waals surface area (Å²) in [7, 11) is 0. The van der Waals surface area contributed by atoms with Gasteiger partial charge in [0.25, 0.3) is 0 Å². The predicted octanol–water partition coefficient (Wildman–Crippen LogP) is 13.8. The summed E-state index contributed by atoms with van der Waals surface area (Å²) in [5.74, 6) is 0. The molecule has 10 aromatic rings. The molecular formula is C50H33N. The number of aromatic nitrogens is 1. The standard InChI is InChI=1S/C50H33N/c1-3-17-35(18-4-1)46-32-33-48(51(46)47-29-15-21-34-16-7-8-22-37(34)47)40-30-31-45(39-24-10-9-23-38(39)40)50-43-27-13-11-25-41(43)49(36-19-5-2-6-20-36)42-26-12-14-28-44(42)50/h1-33H. The molecule has 0 spiro atoms. The molecule has 51 heavy (non-hydrogen) atoms. The first-order chi connectivity index (χ1) is 25.3. The average molecular weight is 648 g/mol. The molecule has 0 atom stereocenters. The lowest BCUT2D eigenvalue weighted by atomic mass is 9.84. The number of rotatable bonds is 5. The summed E-state index contributed by atoms with van der Waals surface area (Å²) in [6.45, 7) is 0. The van der Waals surface area contributed by atoms with Gasteiger partial charge in [-0.15, -0.1) is 0 Å². The molecular weight excluding hydrogens is 615 g/mol. The van der Waals surface area contributed by atoms with E-state index in [1.54, 1.807) is 0 Å². The fourth-order valence-electron chi connectivity index (χ4n) is 8.22. The normalized spacial score (nSPS) is 11.5. The maximum Gasteiger partial charge on any atom is 0.0541 e. The fourth-order valence-corrected chi connectivity index (χ4v) is 8.22. The Hall–Kier alpha value is -6.70. The topological polar surface area (TPSA) is 4.93 Å². The van der Waals surface area contributed by atoms with E-state index in [-0.39, 0.29) is 0 Å². The zero-order valence-electron chi connectivity index (χ0n) is 28.0. The van der Waals surface area contributed by atoms with E-state index in [1.165, 1.54) is 93.5 Å². The van der Waals surface area contributed by atoms with E-state index >= 15 is 0 Å². The number of hydrogen-bond donors (Lipinski definition) is 0. The van der Waals surface area contributed by atoms with Crippen LogP contribution in [0.4, 0.5) is 0 Å². The molecule has 0 aliphatic heterocycles. The Kier molecular flexibility index (Phi) is 6.89. The van der Waals surface area contributed by atoms with Gasteiger partial charge in [-0.1, -0.05) is 182 Å². The van der Waals surface area contributed by atoms with Crippen LogP contribution in [-0.2, 0) is 0 Å². The van der Waals surface area contributed by atoms with Crippen LogP contribution in [0.25, 0.3) is 93.5 Å². The van der Waals surface area contributed by atoms with Crippen LogP contribution in [0.1, 0.15) is 0 Å². The zero-order chi connectivity index (χ0) is 33.7. The molecule has 9 aromatic carbocycles. The van der Waals surface area contributed by atoms with Gasteiger partial charge in [0.05, 0.1) is 17.1 Å². The summed E-state index contributed by atoms with van der Waals surface area (Å²) >= 11 is 0. The lowest BCUT2D eigenvalue weighted by Crippen LogP contribution is -2.01. The van der Waals surface area contributed by atoms with Gasteiger partial charge in [0.1, 0.15) is 0 Å². The largest absolute Gasteiger partial charge is 0.309 e. The van der Waals surface area contributed by atoms with Crippen molar-refractivity contribution in [3.05, 3.63) is 200 Å². The van der Waals surface area contributed by atoms with Gasteiger partial charge in [-0.05, 0) is 83.7 Å². The molecule has 1 heterocycles. The third kappa shape index (κ3) is 4.70. The van der Waals surface area contributed by atoms with Crippen molar-refractivity contribution in [3.63, 3.8) is 0 Å². The van der Waals surface area contributed by atoms with Crippen LogP contribution >= 0.6 is 0 Å². The van der Waals surface area contributed by atoms with Crippen molar-refractivity contribution in [2.45, 2.75) is 0 Å². The van der Waals surface area contributed by atoms with Crippen LogP contribution in [0.15, 0.2) is 200 Å². The average Bonchev–Trinajstić information content (AvgIpc) is 3.65. The van der Waals surface area contributed by atoms with Crippen molar-refractivity contribution in [1.29, 1.82) is 0 Å². The molecule has 0 N–H and O–H groups in total. The van der Waals surface area contributed by atoms with Crippen LogP contribution < -0.4 is 0 Å². The second kappa shape index (κ2) is 12.0. The third-order valence-corrected chi connectivity index (χ3v) is 10.4. The number of hydrogen-bond acceptors (Lipinski definition) is 0. The second-order valence-electron chi connectivity index (χ2n) is 13.2. The lowest BCUT2D eigenvalue weighted by Gasteiger charge is -2.21. The SMILES string of the molecule is c1ccc(-c2c3ccccc3c(-c3ccc(-c4ccc(-c5ccccc5)n4-c4cccc5ccccc45)c4ccccc34)c3ccccc23)cc1. The molecule has 1 nitrogen and oxygen atoms in total. The van der Waals surface area contributed by atoms with Gasteiger partial charge in [-0.3, -0.25) is 0 Å². The van der Waals surface area contributed by atoms with Crippen molar-refractivity contribution in [2.75, 3.05) is 0 Å². The number of benzene rings is 9. The molecule has 0 amide bonds. The maximum atomic E-state index is 2.46. The van der Waals surface area contributed by atoms with E-state index in [1.807, 2.05) is 0 Å². The van der Waals surface area contributed by atoms with Gasteiger partial charge >= 0.3 is 0 Å². The monoisotopic (exact) mass is 647 g/mol. The summed E-state index contributed by atoms with van der Waals surface area (Å²) in [5.41, 5.74) is 11.0. The highest BCUT2D eigenvalue weighted by Gasteiger charge is 2.21. The molecule has 0 radical (unpaired) electrons. The molecule has 0 saturated carbocycles. The van der Waals surface area contributed by atoms with Gasteiger partial charge in [0.2, 0.25) is 0 Å². The molecule has 1 aromatic heterocycles. The highest BCUT2D eigenvalue weighted by Crippen LogP contribution is 2.47. The number of fused-ring (bicyclic) bond motifs is 4. The minimum atomic E-state index is 1.17. The lowest BCUT2D eigenvalue weighted by molar-refractivity contribution is 1.11. The third-order valence-electron chi connectivity index (χ3n) is 10.4. The molecule has 0 unspecified atom stereocenters. The Labute approximate surface area is 297 Å². The Balaban J connectivity index is 1.27. The van der Waals surface area contributed by atoms with Crippen molar-refractivity contribution in [1.82, 2.24) is 4.57 Å². The summed E-state index contributed by atoms with van der Waals surface area (Å²) in [6.07, 6.45) is 0. The van der Waals surface area contributed by atoms with Gasteiger partial charge in [-0.25, -0.2) is 0 Å². The molecule has 0 saturated heterocycles. The highest BCUT2D eigenvalue weighted by atomic mass is 15.0. The van der Waals surface area contributed by atoms with E-state index in [0.29, 0.717) is 0 Å². The van der Waals surface area contributed by atoms with Crippen LogP contribution in [-0.4, -0.2) is 4.57 Å². The first kappa shape index (κ1) is 29.2. The van der Waals surface area contributed by atoms with Crippen LogP contribution in [0.2, 0.25) is 0 Å². The molecule has 1 heteroatoms. The van der Waals surface area contributed by atoms with E-state index in [4.69, 9.17) is 0 Å². The predicted molar refractivity (Wildman–Crippen MR) is 218 cm³/mol. The fraction of sp³-hybridized carbons (Fsp3) is 0. The quantitative estimate of drug-likeness (QED) is 0.164. The van der Waals surface area contributed by atoms with Crippen molar-refractivity contribution >= 4 is 43.1 Å². The molecule has 0 aliphatic rings. The molecule has 238 valence electrons.